The number of pyridine rings is 2. The zero-order chi connectivity index (χ0) is 19.0. The summed E-state index contributed by atoms with van der Waals surface area (Å²) in [5, 5.41) is 4.72. The highest BCUT2D eigenvalue weighted by Crippen LogP contribution is 2.34. The maximum atomic E-state index is 12.4. The summed E-state index contributed by atoms with van der Waals surface area (Å²) in [5.74, 6) is -0.657. The summed E-state index contributed by atoms with van der Waals surface area (Å²) in [6.07, 6.45) is 3.58. The number of carbonyl (C=O) groups is 1. The second kappa shape index (κ2) is 6.57. The highest BCUT2D eigenvalue weighted by molar-refractivity contribution is 5.95. The summed E-state index contributed by atoms with van der Waals surface area (Å²) in [6, 6.07) is 17.2. The number of carbonyl (C=O) groups excluding carboxylic acids is 1. The molecule has 0 aliphatic carbocycles. The van der Waals surface area contributed by atoms with Crippen molar-refractivity contribution in [2.75, 3.05) is 7.11 Å². The third-order valence-electron chi connectivity index (χ3n) is 4.46. The lowest BCUT2D eigenvalue weighted by Gasteiger charge is -2.09. The van der Waals surface area contributed by atoms with Crippen LogP contribution in [0.15, 0.2) is 71.8 Å². The Balaban J connectivity index is 2.06. The largest absolute Gasteiger partial charge is 0.465 e. The number of aromatic nitrogens is 3. The van der Waals surface area contributed by atoms with E-state index in [4.69, 9.17) is 9.84 Å². The van der Waals surface area contributed by atoms with Crippen LogP contribution in [0.5, 0.6) is 0 Å². The quantitative estimate of drug-likeness (QED) is 0.527. The van der Waals surface area contributed by atoms with E-state index in [0.717, 1.165) is 27.9 Å². The number of nitrogens with zero attached hydrogens (tertiary/aromatic N) is 3. The number of benzene rings is 1. The molecular weight excluding hydrogens is 342 g/mol. The Morgan fingerprint density at radius 1 is 1.04 bits per heavy atom. The van der Waals surface area contributed by atoms with Crippen LogP contribution in [0, 0.1) is 0 Å². The molecule has 6 heteroatoms. The van der Waals surface area contributed by atoms with Gasteiger partial charge >= 0.3 is 5.97 Å². The minimum atomic E-state index is -0.657. The molecule has 4 aromatic rings. The highest BCUT2D eigenvalue weighted by Gasteiger charge is 2.20. The summed E-state index contributed by atoms with van der Waals surface area (Å²) < 4.78 is 7.96. The highest BCUT2D eigenvalue weighted by atomic mass is 16.5. The van der Waals surface area contributed by atoms with Gasteiger partial charge in [0.1, 0.15) is 11.3 Å². The number of hydrogen-bond acceptors (Lipinski definition) is 4. The van der Waals surface area contributed by atoms with Gasteiger partial charge in [0.25, 0.3) is 5.56 Å². The van der Waals surface area contributed by atoms with E-state index in [-0.39, 0.29) is 5.56 Å². The fraction of sp³-hybridized carbons (Fsp3) is 0.0952. The summed E-state index contributed by atoms with van der Waals surface area (Å²) in [7, 11) is 2.88. The third kappa shape index (κ3) is 2.81. The molecule has 0 spiro atoms. The standard InChI is InChI=1S/C21H17N3O3/c1-23-13-15(12-16(20(23)25)21(26)27-2)18-17-10-6-7-11-24(17)22-19(18)14-8-4-3-5-9-14/h3-13H,1-2H3. The number of rotatable bonds is 3. The smallest absolute Gasteiger partial charge is 0.343 e. The van der Waals surface area contributed by atoms with E-state index in [1.54, 1.807) is 23.8 Å². The molecule has 0 aliphatic heterocycles. The predicted octanol–water partition coefficient (Wildman–Crippen LogP) is 3.15. The van der Waals surface area contributed by atoms with E-state index in [9.17, 15) is 9.59 Å². The summed E-state index contributed by atoms with van der Waals surface area (Å²) in [4.78, 5) is 24.4. The number of ether oxygens (including phenoxy) is 1. The summed E-state index contributed by atoms with van der Waals surface area (Å²) in [5.41, 5.74) is 3.77. The fourth-order valence-electron chi connectivity index (χ4n) is 3.19. The maximum absolute atomic E-state index is 12.4. The van der Waals surface area contributed by atoms with Crippen LogP contribution < -0.4 is 5.56 Å². The van der Waals surface area contributed by atoms with Crippen molar-refractivity contribution in [3.63, 3.8) is 0 Å². The molecule has 4 rings (SSSR count). The number of hydrogen-bond donors (Lipinski definition) is 0. The molecule has 0 aliphatic rings. The molecule has 6 nitrogen and oxygen atoms in total. The van der Waals surface area contributed by atoms with Crippen LogP contribution in [0.3, 0.4) is 0 Å². The van der Waals surface area contributed by atoms with Crippen molar-refractivity contribution in [3.8, 4) is 22.4 Å². The van der Waals surface area contributed by atoms with Gasteiger partial charge in [-0.05, 0) is 18.2 Å². The number of aryl methyl sites for hydroxylation is 1. The van der Waals surface area contributed by atoms with Gasteiger partial charge in [-0.25, -0.2) is 9.31 Å². The first kappa shape index (κ1) is 16.8. The van der Waals surface area contributed by atoms with E-state index in [1.807, 2.05) is 54.7 Å². The third-order valence-corrected chi connectivity index (χ3v) is 4.46. The fourth-order valence-corrected chi connectivity index (χ4v) is 3.19. The SMILES string of the molecule is COC(=O)c1cc(-c2c(-c3ccccc3)nn3ccccc23)cn(C)c1=O. The molecule has 0 saturated heterocycles. The van der Waals surface area contributed by atoms with Crippen LogP contribution in [0.4, 0.5) is 0 Å². The van der Waals surface area contributed by atoms with Gasteiger partial charge in [-0.2, -0.15) is 5.10 Å². The first-order chi connectivity index (χ1) is 13.1. The minimum Gasteiger partial charge on any atom is -0.465 e. The first-order valence-electron chi connectivity index (χ1n) is 8.42. The van der Waals surface area contributed by atoms with Gasteiger partial charge in [-0.15, -0.1) is 0 Å². The van der Waals surface area contributed by atoms with Crippen molar-refractivity contribution in [1.82, 2.24) is 14.2 Å². The summed E-state index contributed by atoms with van der Waals surface area (Å²) >= 11 is 0. The molecule has 0 bridgehead atoms. The van der Waals surface area contributed by atoms with Gasteiger partial charge in [-0.1, -0.05) is 36.4 Å². The molecule has 134 valence electrons. The Morgan fingerprint density at radius 2 is 1.78 bits per heavy atom. The Morgan fingerprint density at radius 3 is 2.52 bits per heavy atom. The topological polar surface area (TPSA) is 65.6 Å². The average Bonchev–Trinajstić information content (AvgIpc) is 3.09. The number of methoxy groups -OCH3 is 1. The van der Waals surface area contributed by atoms with Gasteiger partial charge in [0, 0.05) is 36.1 Å². The molecule has 0 fully saturated rings. The molecule has 0 saturated carbocycles. The van der Waals surface area contributed by atoms with E-state index in [0.29, 0.717) is 0 Å². The van der Waals surface area contributed by atoms with E-state index >= 15 is 0 Å². The lowest BCUT2D eigenvalue weighted by molar-refractivity contribution is 0.0598. The van der Waals surface area contributed by atoms with Crippen LogP contribution in [0.1, 0.15) is 10.4 Å². The molecule has 0 amide bonds. The van der Waals surface area contributed by atoms with E-state index < -0.39 is 11.5 Å². The van der Waals surface area contributed by atoms with Crippen LogP contribution in [-0.4, -0.2) is 27.3 Å². The van der Waals surface area contributed by atoms with Crippen molar-refractivity contribution in [2.24, 2.45) is 7.05 Å². The van der Waals surface area contributed by atoms with Gasteiger partial charge in [0.2, 0.25) is 0 Å². The van der Waals surface area contributed by atoms with Crippen LogP contribution in [-0.2, 0) is 11.8 Å². The molecule has 0 radical (unpaired) electrons. The van der Waals surface area contributed by atoms with Crippen LogP contribution in [0.25, 0.3) is 27.9 Å². The Hall–Kier alpha value is -3.67. The zero-order valence-corrected chi connectivity index (χ0v) is 14.9. The Labute approximate surface area is 155 Å². The number of esters is 1. The molecule has 3 aromatic heterocycles. The minimum absolute atomic E-state index is 0.00760. The van der Waals surface area contributed by atoms with Crippen molar-refractivity contribution < 1.29 is 9.53 Å². The normalized spacial score (nSPS) is 10.9. The average molecular weight is 359 g/mol. The summed E-state index contributed by atoms with van der Waals surface area (Å²) in [6.45, 7) is 0. The molecular formula is C21H17N3O3. The van der Waals surface area contributed by atoms with Gasteiger partial charge in [0.05, 0.1) is 12.6 Å². The van der Waals surface area contributed by atoms with E-state index in [2.05, 4.69) is 0 Å². The maximum Gasteiger partial charge on any atom is 0.343 e. The van der Waals surface area contributed by atoms with Crippen molar-refractivity contribution in [3.05, 3.63) is 82.9 Å². The van der Waals surface area contributed by atoms with Crippen LogP contribution in [0.2, 0.25) is 0 Å². The van der Waals surface area contributed by atoms with Crippen LogP contribution >= 0.6 is 0 Å². The lowest BCUT2D eigenvalue weighted by atomic mass is 10.00. The van der Waals surface area contributed by atoms with Crippen molar-refractivity contribution in [1.29, 1.82) is 0 Å². The molecule has 0 atom stereocenters. The zero-order valence-electron chi connectivity index (χ0n) is 14.9. The monoisotopic (exact) mass is 359 g/mol. The molecule has 1 aromatic carbocycles. The van der Waals surface area contributed by atoms with E-state index in [1.165, 1.54) is 11.7 Å². The lowest BCUT2D eigenvalue weighted by Crippen LogP contribution is -2.24. The number of fused-ring (bicyclic) bond motifs is 1. The molecule has 0 unspecified atom stereocenters. The molecule has 0 N–H and O–H groups in total. The molecule has 3 heterocycles. The van der Waals surface area contributed by atoms with Gasteiger partial charge in [0.15, 0.2) is 0 Å². The Kier molecular flexibility index (Phi) is 4.08. The predicted molar refractivity (Wildman–Crippen MR) is 103 cm³/mol. The second-order valence-corrected chi connectivity index (χ2v) is 6.17. The van der Waals surface area contributed by atoms with Crippen molar-refractivity contribution in [2.45, 2.75) is 0 Å². The van der Waals surface area contributed by atoms with Gasteiger partial charge in [-0.3, -0.25) is 4.79 Å². The molecule has 27 heavy (non-hydrogen) atoms. The van der Waals surface area contributed by atoms with Crippen molar-refractivity contribution >= 4 is 11.5 Å². The van der Waals surface area contributed by atoms with Gasteiger partial charge < -0.3 is 9.30 Å². The second-order valence-electron chi connectivity index (χ2n) is 6.17. The Bertz CT molecular complexity index is 1210. The first-order valence-corrected chi connectivity index (χ1v) is 8.42.